The molecule has 0 aliphatic rings. The van der Waals surface area contributed by atoms with E-state index < -0.39 is 0 Å². The van der Waals surface area contributed by atoms with E-state index in [0.717, 1.165) is 19.4 Å². The summed E-state index contributed by atoms with van der Waals surface area (Å²) in [5.74, 6) is 0. The highest BCUT2D eigenvalue weighted by atomic mass is 15.1. The van der Waals surface area contributed by atoms with Gasteiger partial charge in [0.25, 0.3) is 0 Å². The molecule has 2 nitrogen and oxygen atoms in total. The summed E-state index contributed by atoms with van der Waals surface area (Å²) in [6.07, 6.45) is 2.04. The highest BCUT2D eigenvalue weighted by molar-refractivity contribution is 5.47. The minimum Gasteiger partial charge on any atom is -0.374 e. The van der Waals surface area contributed by atoms with Crippen LogP contribution >= 0.6 is 0 Å². The lowest BCUT2D eigenvalue weighted by Crippen LogP contribution is -2.20. The summed E-state index contributed by atoms with van der Waals surface area (Å²) in [6, 6.07) is 19.4. The van der Waals surface area contributed by atoms with Gasteiger partial charge in [-0.25, -0.2) is 0 Å². The van der Waals surface area contributed by atoms with Gasteiger partial charge in [0.1, 0.15) is 0 Å². The quantitative estimate of drug-likeness (QED) is 0.864. The van der Waals surface area contributed by atoms with Crippen LogP contribution in [0.25, 0.3) is 0 Å². The Balaban J connectivity index is 1.94. The van der Waals surface area contributed by atoms with Gasteiger partial charge in [-0.05, 0) is 36.1 Å². The number of hydrogen-bond donors (Lipinski definition) is 1. The van der Waals surface area contributed by atoms with E-state index in [-0.39, 0.29) is 6.04 Å². The number of benzene rings is 2. The molecule has 0 radical (unpaired) electrons. The van der Waals surface area contributed by atoms with E-state index in [1.165, 1.54) is 16.8 Å². The second kappa shape index (κ2) is 7.11. The number of nitrogens with zero attached hydrogens (tertiary/aromatic N) is 1. The Labute approximate surface area is 122 Å². The molecule has 2 N–H and O–H groups in total. The number of likely N-dealkylation sites (N-methyl/N-ethyl adjacent to an activating group) is 1. The van der Waals surface area contributed by atoms with Gasteiger partial charge in [0, 0.05) is 25.3 Å². The molecule has 0 bridgehead atoms. The summed E-state index contributed by atoms with van der Waals surface area (Å²) in [7, 11) is 2.14. The third-order valence-electron chi connectivity index (χ3n) is 3.78. The van der Waals surface area contributed by atoms with E-state index in [4.69, 9.17) is 5.73 Å². The van der Waals surface area contributed by atoms with Gasteiger partial charge in [0.15, 0.2) is 0 Å². The van der Waals surface area contributed by atoms with Crippen LogP contribution < -0.4 is 10.6 Å². The maximum atomic E-state index is 6.04. The second-order valence-corrected chi connectivity index (χ2v) is 5.26. The Morgan fingerprint density at radius 2 is 1.65 bits per heavy atom. The molecule has 0 aliphatic carbocycles. The van der Waals surface area contributed by atoms with Crippen LogP contribution in [-0.4, -0.2) is 13.6 Å². The topological polar surface area (TPSA) is 29.3 Å². The van der Waals surface area contributed by atoms with Crippen LogP contribution in [0.15, 0.2) is 54.6 Å². The normalized spacial score (nSPS) is 12.2. The number of anilines is 1. The zero-order chi connectivity index (χ0) is 14.4. The van der Waals surface area contributed by atoms with Gasteiger partial charge in [-0.15, -0.1) is 0 Å². The van der Waals surface area contributed by atoms with Crippen LogP contribution in [-0.2, 0) is 6.42 Å². The van der Waals surface area contributed by atoms with E-state index in [0.29, 0.717) is 0 Å². The lowest BCUT2D eigenvalue weighted by Gasteiger charge is -2.20. The number of rotatable bonds is 6. The van der Waals surface area contributed by atoms with Crippen molar-refractivity contribution < 1.29 is 0 Å². The Morgan fingerprint density at radius 1 is 1.00 bits per heavy atom. The molecule has 0 saturated heterocycles. The smallest absolute Gasteiger partial charge is 0.0363 e. The summed E-state index contributed by atoms with van der Waals surface area (Å²) in [4.78, 5) is 2.29. The summed E-state index contributed by atoms with van der Waals surface area (Å²) in [5.41, 5.74) is 9.88. The average molecular weight is 268 g/mol. The van der Waals surface area contributed by atoms with Gasteiger partial charge >= 0.3 is 0 Å². The lowest BCUT2D eigenvalue weighted by molar-refractivity contribution is 0.698. The fourth-order valence-electron chi connectivity index (χ4n) is 2.28. The minimum absolute atomic E-state index is 0.152. The van der Waals surface area contributed by atoms with Crippen molar-refractivity contribution in [1.82, 2.24) is 0 Å². The Bertz CT molecular complexity index is 505. The Kier molecular flexibility index (Phi) is 5.19. The third-order valence-corrected chi connectivity index (χ3v) is 3.78. The molecular formula is C18H24N2. The van der Waals surface area contributed by atoms with Crippen LogP contribution in [0.4, 0.5) is 5.69 Å². The summed E-state index contributed by atoms with van der Waals surface area (Å²) >= 11 is 0. The molecule has 0 spiro atoms. The first-order chi connectivity index (χ1) is 9.70. The number of nitrogens with two attached hydrogens (primary N) is 1. The molecule has 0 amide bonds. The Hall–Kier alpha value is -1.80. The van der Waals surface area contributed by atoms with Gasteiger partial charge in [0.2, 0.25) is 0 Å². The van der Waals surface area contributed by atoms with E-state index in [1.54, 1.807) is 0 Å². The van der Waals surface area contributed by atoms with E-state index >= 15 is 0 Å². The predicted molar refractivity (Wildman–Crippen MR) is 87.1 cm³/mol. The third kappa shape index (κ3) is 3.84. The summed E-state index contributed by atoms with van der Waals surface area (Å²) in [6.45, 7) is 3.13. The first kappa shape index (κ1) is 14.6. The molecule has 0 unspecified atom stereocenters. The maximum Gasteiger partial charge on any atom is 0.0363 e. The molecule has 2 heteroatoms. The van der Waals surface area contributed by atoms with E-state index in [1.807, 2.05) is 0 Å². The second-order valence-electron chi connectivity index (χ2n) is 5.26. The predicted octanol–water partition coefficient (Wildman–Crippen LogP) is 3.78. The van der Waals surface area contributed by atoms with Gasteiger partial charge in [0.05, 0.1) is 0 Å². The van der Waals surface area contributed by atoms with Crippen LogP contribution in [0, 0.1) is 0 Å². The SMILES string of the molecule is CC[C@H](N)c1ccc(N(C)CCc2ccccc2)cc1. The molecule has 0 heterocycles. The van der Waals surface area contributed by atoms with Crippen molar-refractivity contribution in [2.75, 3.05) is 18.5 Å². The van der Waals surface area contributed by atoms with Crippen molar-refractivity contribution in [3.8, 4) is 0 Å². The highest BCUT2D eigenvalue weighted by Crippen LogP contribution is 2.19. The van der Waals surface area contributed by atoms with Crippen molar-refractivity contribution in [3.05, 3.63) is 65.7 Å². The molecule has 2 aromatic carbocycles. The van der Waals surface area contributed by atoms with Crippen LogP contribution in [0.1, 0.15) is 30.5 Å². The molecule has 106 valence electrons. The molecular weight excluding hydrogens is 244 g/mol. The molecule has 0 aromatic heterocycles. The van der Waals surface area contributed by atoms with Gasteiger partial charge in [-0.1, -0.05) is 49.4 Å². The minimum atomic E-state index is 0.152. The molecule has 0 aliphatic heterocycles. The summed E-state index contributed by atoms with van der Waals surface area (Å²) in [5, 5.41) is 0. The average Bonchev–Trinajstić information content (AvgIpc) is 2.53. The zero-order valence-electron chi connectivity index (χ0n) is 12.4. The molecule has 1 atom stereocenters. The number of hydrogen-bond acceptors (Lipinski definition) is 2. The van der Waals surface area contributed by atoms with Gasteiger partial charge < -0.3 is 10.6 Å². The Morgan fingerprint density at radius 3 is 2.25 bits per heavy atom. The van der Waals surface area contributed by atoms with E-state index in [2.05, 4.69) is 73.5 Å². The fraction of sp³-hybridized carbons (Fsp3) is 0.333. The van der Waals surface area contributed by atoms with Crippen molar-refractivity contribution in [2.45, 2.75) is 25.8 Å². The van der Waals surface area contributed by atoms with Crippen molar-refractivity contribution in [2.24, 2.45) is 5.73 Å². The van der Waals surface area contributed by atoms with Crippen molar-refractivity contribution in [1.29, 1.82) is 0 Å². The molecule has 2 aromatic rings. The molecule has 2 rings (SSSR count). The van der Waals surface area contributed by atoms with Crippen molar-refractivity contribution in [3.63, 3.8) is 0 Å². The maximum absolute atomic E-state index is 6.04. The summed E-state index contributed by atoms with van der Waals surface area (Å²) < 4.78 is 0. The monoisotopic (exact) mass is 268 g/mol. The van der Waals surface area contributed by atoms with E-state index in [9.17, 15) is 0 Å². The molecule has 0 saturated carbocycles. The lowest BCUT2D eigenvalue weighted by atomic mass is 10.0. The highest BCUT2D eigenvalue weighted by Gasteiger charge is 2.05. The zero-order valence-corrected chi connectivity index (χ0v) is 12.4. The largest absolute Gasteiger partial charge is 0.374 e. The van der Waals surface area contributed by atoms with Crippen LogP contribution in [0.2, 0.25) is 0 Å². The first-order valence-corrected chi connectivity index (χ1v) is 7.31. The van der Waals surface area contributed by atoms with Crippen LogP contribution in [0.5, 0.6) is 0 Å². The van der Waals surface area contributed by atoms with Crippen LogP contribution in [0.3, 0.4) is 0 Å². The van der Waals surface area contributed by atoms with Gasteiger partial charge in [-0.3, -0.25) is 0 Å². The first-order valence-electron chi connectivity index (χ1n) is 7.31. The molecule has 0 fully saturated rings. The van der Waals surface area contributed by atoms with Crippen molar-refractivity contribution >= 4 is 5.69 Å². The fourth-order valence-corrected chi connectivity index (χ4v) is 2.28. The molecule has 20 heavy (non-hydrogen) atoms. The van der Waals surface area contributed by atoms with Gasteiger partial charge in [-0.2, -0.15) is 0 Å². The standard InChI is InChI=1S/C18H24N2/c1-3-18(19)16-9-11-17(12-10-16)20(2)14-13-15-7-5-4-6-8-15/h4-12,18H,3,13-14,19H2,1-2H3/t18-/m0/s1.